The molecule has 1 aromatic rings. The van der Waals surface area contributed by atoms with E-state index in [2.05, 4.69) is 15.6 Å². The third kappa shape index (κ3) is 4.57. The molecule has 0 bridgehead atoms. The van der Waals surface area contributed by atoms with E-state index < -0.39 is 20.5 Å². The van der Waals surface area contributed by atoms with E-state index >= 15 is 0 Å². The number of nitrogens with zero attached hydrogens (tertiary/aromatic N) is 1. The zero-order valence-electron chi connectivity index (χ0n) is 12.5. The topological polar surface area (TPSA) is 88.2 Å². The Bertz CT molecular complexity index is 630. The van der Waals surface area contributed by atoms with Gasteiger partial charge in [-0.3, -0.25) is 4.79 Å². The smallest absolute Gasteiger partial charge is 0.253 e. The van der Waals surface area contributed by atoms with E-state index in [4.69, 9.17) is 11.6 Å². The van der Waals surface area contributed by atoms with Crippen molar-refractivity contribution in [2.75, 3.05) is 24.7 Å². The quantitative estimate of drug-likeness (QED) is 0.827. The SMILES string of the molecule is CCNc1cc(C(=O)NCC(C)(C)S(C)(=O)=O)c(Cl)cn1. The van der Waals surface area contributed by atoms with E-state index in [1.165, 1.54) is 12.3 Å². The summed E-state index contributed by atoms with van der Waals surface area (Å²) in [6.07, 6.45) is 2.53. The van der Waals surface area contributed by atoms with Gasteiger partial charge in [0.1, 0.15) is 5.82 Å². The predicted molar refractivity (Wildman–Crippen MR) is 84.7 cm³/mol. The van der Waals surface area contributed by atoms with Crippen LogP contribution in [0, 0.1) is 0 Å². The first kappa shape index (κ1) is 17.7. The van der Waals surface area contributed by atoms with Gasteiger partial charge in [0, 0.05) is 25.5 Å². The second-order valence-electron chi connectivity index (χ2n) is 5.29. The molecule has 21 heavy (non-hydrogen) atoms. The maximum absolute atomic E-state index is 12.1. The summed E-state index contributed by atoms with van der Waals surface area (Å²) in [4.78, 5) is 16.2. The van der Waals surface area contributed by atoms with Gasteiger partial charge in [0.05, 0.1) is 15.3 Å². The van der Waals surface area contributed by atoms with E-state index in [1.54, 1.807) is 13.8 Å². The maximum atomic E-state index is 12.1. The lowest BCUT2D eigenvalue weighted by Gasteiger charge is -2.22. The van der Waals surface area contributed by atoms with Crippen molar-refractivity contribution in [1.82, 2.24) is 10.3 Å². The summed E-state index contributed by atoms with van der Waals surface area (Å²) in [7, 11) is -3.28. The Labute approximate surface area is 130 Å². The van der Waals surface area contributed by atoms with Gasteiger partial charge >= 0.3 is 0 Å². The number of carbonyl (C=O) groups excluding carboxylic acids is 1. The van der Waals surface area contributed by atoms with Crippen LogP contribution in [0.25, 0.3) is 0 Å². The highest BCUT2D eigenvalue weighted by Crippen LogP contribution is 2.19. The van der Waals surface area contributed by atoms with Crippen molar-refractivity contribution in [3.8, 4) is 0 Å². The van der Waals surface area contributed by atoms with Gasteiger partial charge in [-0.25, -0.2) is 13.4 Å². The molecule has 8 heteroatoms. The summed E-state index contributed by atoms with van der Waals surface area (Å²) in [5.41, 5.74) is 0.256. The van der Waals surface area contributed by atoms with Crippen LogP contribution in [0.15, 0.2) is 12.3 Å². The van der Waals surface area contributed by atoms with Crippen molar-refractivity contribution in [1.29, 1.82) is 0 Å². The number of halogens is 1. The van der Waals surface area contributed by atoms with Crippen LogP contribution in [0.3, 0.4) is 0 Å². The molecule has 0 spiro atoms. The van der Waals surface area contributed by atoms with Crippen molar-refractivity contribution in [2.24, 2.45) is 0 Å². The fourth-order valence-electron chi connectivity index (χ4n) is 1.41. The third-order valence-corrected chi connectivity index (χ3v) is 5.59. The van der Waals surface area contributed by atoms with Crippen LogP contribution in [0.2, 0.25) is 5.02 Å². The Balaban J connectivity index is 2.88. The highest BCUT2D eigenvalue weighted by molar-refractivity contribution is 7.92. The lowest BCUT2D eigenvalue weighted by Crippen LogP contribution is -2.43. The van der Waals surface area contributed by atoms with Crippen LogP contribution in [-0.2, 0) is 9.84 Å². The lowest BCUT2D eigenvalue weighted by molar-refractivity contribution is 0.0950. The van der Waals surface area contributed by atoms with E-state index in [0.29, 0.717) is 12.4 Å². The summed E-state index contributed by atoms with van der Waals surface area (Å²) in [6.45, 7) is 5.68. The number of aromatic nitrogens is 1. The average Bonchev–Trinajstić information content (AvgIpc) is 2.37. The first-order valence-electron chi connectivity index (χ1n) is 6.45. The molecular weight excluding hydrogens is 314 g/mol. The van der Waals surface area contributed by atoms with Gasteiger partial charge < -0.3 is 10.6 Å². The van der Waals surface area contributed by atoms with E-state index in [1.807, 2.05) is 6.92 Å². The first-order chi connectivity index (χ1) is 9.58. The van der Waals surface area contributed by atoms with Crippen molar-refractivity contribution in [3.05, 3.63) is 22.8 Å². The fraction of sp³-hybridized carbons (Fsp3) is 0.538. The summed E-state index contributed by atoms with van der Waals surface area (Å²) in [6, 6.07) is 1.54. The maximum Gasteiger partial charge on any atom is 0.253 e. The van der Waals surface area contributed by atoms with Gasteiger partial charge in [-0.05, 0) is 26.8 Å². The second-order valence-corrected chi connectivity index (χ2v) is 8.35. The fourth-order valence-corrected chi connectivity index (χ4v) is 1.93. The predicted octanol–water partition coefficient (Wildman–Crippen LogP) is 1.72. The van der Waals surface area contributed by atoms with Crippen LogP contribution in [-0.4, -0.2) is 43.4 Å². The molecule has 0 aliphatic carbocycles. The Morgan fingerprint density at radius 3 is 2.57 bits per heavy atom. The van der Waals surface area contributed by atoms with Gasteiger partial charge in [0.2, 0.25) is 0 Å². The van der Waals surface area contributed by atoms with Crippen molar-refractivity contribution in [2.45, 2.75) is 25.5 Å². The van der Waals surface area contributed by atoms with E-state index in [0.717, 1.165) is 6.26 Å². The number of carbonyl (C=O) groups is 1. The van der Waals surface area contributed by atoms with Gasteiger partial charge in [-0.1, -0.05) is 11.6 Å². The molecule has 2 N–H and O–H groups in total. The van der Waals surface area contributed by atoms with Gasteiger partial charge in [0.25, 0.3) is 5.91 Å². The highest BCUT2D eigenvalue weighted by Gasteiger charge is 2.30. The van der Waals surface area contributed by atoms with Gasteiger partial charge in [0.15, 0.2) is 9.84 Å². The molecule has 0 fully saturated rings. The molecule has 0 unspecified atom stereocenters. The van der Waals surface area contributed by atoms with Gasteiger partial charge in [-0.15, -0.1) is 0 Å². The zero-order chi connectivity index (χ0) is 16.3. The Kier molecular flexibility index (Phi) is 5.58. The molecule has 0 radical (unpaired) electrons. The monoisotopic (exact) mass is 333 g/mol. The summed E-state index contributed by atoms with van der Waals surface area (Å²) >= 11 is 5.96. The largest absolute Gasteiger partial charge is 0.370 e. The molecule has 6 nitrogen and oxygen atoms in total. The number of sulfone groups is 1. The van der Waals surface area contributed by atoms with E-state index in [-0.39, 0.29) is 17.1 Å². The molecule has 0 aliphatic heterocycles. The molecule has 0 saturated heterocycles. The number of pyridine rings is 1. The van der Waals surface area contributed by atoms with E-state index in [9.17, 15) is 13.2 Å². The first-order valence-corrected chi connectivity index (χ1v) is 8.72. The summed E-state index contributed by atoms with van der Waals surface area (Å²) < 4.78 is 22.2. The van der Waals surface area contributed by atoms with Crippen LogP contribution in [0.5, 0.6) is 0 Å². The number of anilines is 1. The molecular formula is C13H20ClN3O3S. The number of hydrogen-bond acceptors (Lipinski definition) is 5. The number of amides is 1. The van der Waals surface area contributed by atoms with Crippen LogP contribution in [0.1, 0.15) is 31.1 Å². The Hall–Kier alpha value is -1.34. The molecule has 0 aromatic carbocycles. The van der Waals surface area contributed by atoms with Crippen LogP contribution >= 0.6 is 11.6 Å². The summed E-state index contributed by atoms with van der Waals surface area (Å²) in [5.74, 6) is 0.104. The molecule has 118 valence electrons. The van der Waals surface area contributed by atoms with Gasteiger partial charge in [-0.2, -0.15) is 0 Å². The Morgan fingerprint density at radius 1 is 1.43 bits per heavy atom. The molecule has 0 atom stereocenters. The Morgan fingerprint density at radius 2 is 2.05 bits per heavy atom. The normalized spacial score (nSPS) is 12.0. The number of nitrogens with one attached hydrogen (secondary N) is 2. The molecule has 0 aliphatic rings. The minimum absolute atomic E-state index is 0.000141. The molecule has 1 amide bonds. The third-order valence-electron chi connectivity index (χ3n) is 3.14. The van der Waals surface area contributed by atoms with Crippen molar-refractivity contribution < 1.29 is 13.2 Å². The number of rotatable bonds is 6. The zero-order valence-corrected chi connectivity index (χ0v) is 14.1. The van der Waals surface area contributed by atoms with Crippen molar-refractivity contribution in [3.63, 3.8) is 0 Å². The minimum atomic E-state index is -3.28. The van der Waals surface area contributed by atoms with Crippen LogP contribution < -0.4 is 10.6 Å². The van der Waals surface area contributed by atoms with Crippen molar-refractivity contribution >= 4 is 33.2 Å². The molecule has 1 heterocycles. The standard InChI is InChI=1S/C13H20ClN3O3S/c1-5-15-11-6-9(10(14)7-16-11)12(18)17-8-13(2,3)21(4,19)20/h6-7H,5,8H2,1-4H3,(H,15,16)(H,17,18). The lowest BCUT2D eigenvalue weighted by atomic mass is 10.2. The molecule has 0 saturated carbocycles. The van der Waals surface area contributed by atoms with Crippen LogP contribution in [0.4, 0.5) is 5.82 Å². The second kappa shape index (κ2) is 6.62. The molecule has 1 rings (SSSR count). The highest BCUT2D eigenvalue weighted by atomic mass is 35.5. The average molecular weight is 334 g/mol. The summed E-state index contributed by atoms with van der Waals surface area (Å²) in [5, 5.41) is 5.79. The molecule has 1 aromatic heterocycles. The minimum Gasteiger partial charge on any atom is -0.370 e. The number of hydrogen-bond donors (Lipinski definition) is 2.